The van der Waals surface area contributed by atoms with Gasteiger partial charge in [0.15, 0.2) is 12.4 Å². The van der Waals surface area contributed by atoms with Crippen LogP contribution in [-0.2, 0) is 23.8 Å². The van der Waals surface area contributed by atoms with Crippen molar-refractivity contribution in [2.24, 2.45) is 0 Å². The van der Waals surface area contributed by atoms with Crippen LogP contribution in [0.1, 0.15) is 252 Å². The molecule has 1 fully saturated rings. The van der Waals surface area contributed by atoms with Crippen molar-refractivity contribution in [2.45, 2.75) is 301 Å². The molecule has 8 atom stereocenters. The third kappa shape index (κ3) is 46.1. The summed E-state index contributed by atoms with van der Waals surface area (Å²) in [5, 5.41) is 57.1. The number of amides is 1. The summed E-state index contributed by atoms with van der Waals surface area (Å²) in [6.45, 7) is 5.61. The van der Waals surface area contributed by atoms with Crippen LogP contribution in [0.15, 0.2) is 134 Å². The van der Waals surface area contributed by atoms with E-state index >= 15 is 0 Å². The zero-order valence-electron chi connectivity index (χ0n) is 53.0. The molecule has 6 N–H and O–H groups in total. The predicted octanol–water partition coefficient (Wildman–Crippen LogP) is 16.8. The lowest BCUT2D eigenvalue weighted by molar-refractivity contribution is -0.305. The average molecular weight is 1170 g/mol. The number of aliphatic hydroxyl groups is 5. The van der Waals surface area contributed by atoms with Crippen LogP contribution in [0, 0.1) is 0 Å². The minimum atomic E-state index is -1.64. The van der Waals surface area contributed by atoms with E-state index < -0.39 is 67.4 Å². The molecule has 0 spiro atoms. The van der Waals surface area contributed by atoms with Crippen molar-refractivity contribution < 1.29 is 49.3 Å². The van der Waals surface area contributed by atoms with E-state index in [1.165, 1.54) is 70.6 Å². The number of carbonyl (C=O) groups is 2. The first-order valence-corrected chi connectivity index (χ1v) is 33.5. The first-order chi connectivity index (χ1) is 41.2. The van der Waals surface area contributed by atoms with Gasteiger partial charge in [-0.05, 0) is 122 Å². The van der Waals surface area contributed by atoms with E-state index in [1.807, 2.05) is 6.08 Å². The lowest BCUT2D eigenvalue weighted by atomic mass is 9.99. The summed E-state index contributed by atoms with van der Waals surface area (Å²) in [6, 6.07) is -1.05. The van der Waals surface area contributed by atoms with Crippen molar-refractivity contribution in [3.05, 3.63) is 134 Å². The fourth-order valence-electron chi connectivity index (χ4n) is 9.52. The van der Waals surface area contributed by atoms with Crippen LogP contribution < -0.4 is 5.32 Å². The van der Waals surface area contributed by atoms with Gasteiger partial charge in [-0.25, -0.2) is 0 Å². The Kier molecular flexibility index (Phi) is 54.8. The topological polar surface area (TPSA) is 175 Å². The Balaban J connectivity index is 2.68. The molecule has 1 amide bonds. The Hall–Kier alpha value is -4.20. The lowest BCUT2D eigenvalue weighted by Gasteiger charge is -2.41. The Morgan fingerprint density at radius 3 is 1.31 bits per heavy atom. The minimum Gasteiger partial charge on any atom is -0.454 e. The van der Waals surface area contributed by atoms with Crippen LogP contribution in [-0.4, -0.2) is 99.6 Å². The zero-order chi connectivity index (χ0) is 61.0. The van der Waals surface area contributed by atoms with Crippen LogP contribution in [0.3, 0.4) is 0 Å². The number of unbranched alkanes of at least 4 members (excludes halogenated alkanes) is 21. The van der Waals surface area contributed by atoms with Gasteiger partial charge in [-0.15, -0.1) is 0 Å². The van der Waals surface area contributed by atoms with E-state index in [-0.39, 0.29) is 19.4 Å². The van der Waals surface area contributed by atoms with Crippen LogP contribution in [0.5, 0.6) is 0 Å². The van der Waals surface area contributed by atoms with Crippen LogP contribution in [0.25, 0.3) is 0 Å². The molecule has 11 heteroatoms. The van der Waals surface area contributed by atoms with E-state index in [4.69, 9.17) is 14.2 Å². The highest BCUT2D eigenvalue weighted by Crippen LogP contribution is 2.26. The second kappa shape index (κ2) is 59.1. The summed E-state index contributed by atoms with van der Waals surface area (Å²) in [5.74, 6) is -1.26. The largest absolute Gasteiger partial charge is 0.454 e. The summed E-state index contributed by atoms with van der Waals surface area (Å²) >= 11 is 0. The lowest BCUT2D eigenvalue weighted by Crippen LogP contribution is -2.61. The Bertz CT molecular complexity index is 1880. The standard InChI is InChI=1S/C73H121NO10/c1-4-7-10-13-16-19-22-25-27-29-31-33-35-36-38-40-42-45-48-51-54-57-60-66(77)72(81)74-64(65(76)59-56-53-50-47-44-24-21-18-15-12-9-6-3)63-82-73-71(70(80)69(79)67(62-75)83-73)84-68(78)61-58-55-52-49-46-43-41-39-37-34-32-30-28-26-23-20-17-14-11-8-5-2/h8,11,16-17,19-20,25-28,31-34,36,38-39,41,46,49,56,59,64-67,69-71,73,75-77,79-80H,4-7,9-10,12-15,18,21-24,29-30,35,37,40,42-45,47-48,50-55,57-58,60-63H2,1-3H3,(H,74,81)/b11-8-,19-16-,20-17-,27-25-,28-26-,33-31-,34-32-,38-36-,41-39-,49-46-,59-56+. The van der Waals surface area contributed by atoms with Gasteiger partial charge in [-0.3, -0.25) is 9.59 Å². The van der Waals surface area contributed by atoms with E-state index in [0.29, 0.717) is 12.8 Å². The van der Waals surface area contributed by atoms with Crippen molar-refractivity contribution in [3.63, 3.8) is 0 Å². The maximum absolute atomic E-state index is 13.5. The smallest absolute Gasteiger partial charge is 0.306 e. The molecule has 1 saturated heterocycles. The van der Waals surface area contributed by atoms with Gasteiger partial charge in [-0.2, -0.15) is 0 Å². The summed E-state index contributed by atoms with van der Waals surface area (Å²) in [7, 11) is 0. The molecule has 11 nitrogen and oxygen atoms in total. The van der Waals surface area contributed by atoms with Crippen molar-refractivity contribution in [1.29, 1.82) is 0 Å². The van der Waals surface area contributed by atoms with Gasteiger partial charge in [0.1, 0.15) is 24.4 Å². The number of ether oxygens (including phenoxy) is 3. The van der Waals surface area contributed by atoms with Crippen LogP contribution >= 0.6 is 0 Å². The fraction of sp³-hybridized carbons (Fsp3) is 0.671. The quantitative estimate of drug-likeness (QED) is 0.0195. The number of esters is 1. The second-order valence-corrected chi connectivity index (χ2v) is 22.5. The third-order valence-corrected chi connectivity index (χ3v) is 14.8. The van der Waals surface area contributed by atoms with Gasteiger partial charge < -0.3 is 45.1 Å². The Morgan fingerprint density at radius 1 is 0.476 bits per heavy atom. The van der Waals surface area contributed by atoms with Crippen LogP contribution in [0.2, 0.25) is 0 Å². The molecule has 8 unspecified atom stereocenters. The van der Waals surface area contributed by atoms with Gasteiger partial charge in [0, 0.05) is 6.42 Å². The zero-order valence-corrected chi connectivity index (χ0v) is 53.0. The number of rotatable bonds is 55. The summed E-state index contributed by atoms with van der Waals surface area (Å²) in [6.07, 6.45) is 73.4. The molecule has 0 radical (unpaired) electrons. The summed E-state index contributed by atoms with van der Waals surface area (Å²) < 4.78 is 17.6. The number of carbonyl (C=O) groups excluding carboxylic acids is 2. The van der Waals surface area contributed by atoms with Crippen molar-refractivity contribution in [2.75, 3.05) is 13.2 Å². The number of aliphatic hydroxyl groups excluding tert-OH is 5. The maximum Gasteiger partial charge on any atom is 0.306 e. The molecule has 478 valence electrons. The number of allylic oxidation sites excluding steroid dienone is 21. The van der Waals surface area contributed by atoms with E-state index in [0.717, 1.165) is 135 Å². The van der Waals surface area contributed by atoms with E-state index in [2.05, 4.69) is 148 Å². The summed E-state index contributed by atoms with van der Waals surface area (Å²) in [4.78, 5) is 26.6. The van der Waals surface area contributed by atoms with Gasteiger partial charge in [-0.1, -0.05) is 257 Å². The van der Waals surface area contributed by atoms with Gasteiger partial charge in [0.2, 0.25) is 5.91 Å². The second-order valence-electron chi connectivity index (χ2n) is 22.5. The van der Waals surface area contributed by atoms with E-state index in [1.54, 1.807) is 6.08 Å². The molecule has 0 aromatic carbocycles. The minimum absolute atomic E-state index is 0.0595. The first-order valence-electron chi connectivity index (χ1n) is 33.5. The molecule has 0 saturated carbocycles. The molecule has 0 bridgehead atoms. The van der Waals surface area contributed by atoms with Gasteiger partial charge >= 0.3 is 5.97 Å². The Labute approximate surface area is 512 Å². The molecule has 84 heavy (non-hydrogen) atoms. The fourth-order valence-corrected chi connectivity index (χ4v) is 9.52. The molecule has 0 aromatic heterocycles. The molecule has 0 aliphatic carbocycles. The highest BCUT2D eigenvalue weighted by molar-refractivity contribution is 5.80. The predicted molar refractivity (Wildman–Crippen MR) is 351 cm³/mol. The molecule has 1 aliphatic heterocycles. The molecule has 1 heterocycles. The Morgan fingerprint density at radius 2 is 0.857 bits per heavy atom. The molecular formula is C73H121NO10. The SMILES string of the molecule is CC/C=C\C/C=C\C/C=C\C/C=C\C/C=C\C/C=C\CCCCC(=O)OC1C(OCC(NC(=O)C(O)CCCCCCCC/C=C\C/C=C\C/C=C\C/C=C\CCCCC)C(O)/C=C/CCCCCCCCCCCC)OC(CO)C(O)C1O. The first kappa shape index (κ1) is 77.8. The van der Waals surface area contributed by atoms with Crippen LogP contribution in [0.4, 0.5) is 0 Å². The number of hydrogen-bond donors (Lipinski definition) is 6. The van der Waals surface area contributed by atoms with Crippen molar-refractivity contribution >= 4 is 11.9 Å². The number of nitrogens with one attached hydrogen (secondary N) is 1. The highest BCUT2D eigenvalue weighted by Gasteiger charge is 2.47. The maximum atomic E-state index is 13.5. The number of hydrogen-bond acceptors (Lipinski definition) is 10. The van der Waals surface area contributed by atoms with Crippen molar-refractivity contribution in [3.8, 4) is 0 Å². The molecule has 1 rings (SSSR count). The third-order valence-electron chi connectivity index (χ3n) is 14.8. The van der Waals surface area contributed by atoms with E-state index in [9.17, 15) is 35.1 Å². The van der Waals surface area contributed by atoms with Crippen molar-refractivity contribution in [1.82, 2.24) is 5.32 Å². The van der Waals surface area contributed by atoms with Gasteiger partial charge in [0.05, 0.1) is 25.4 Å². The normalized spacial score (nSPS) is 19.4. The average Bonchev–Trinajstić information content (AvgIpc) is 3.69. The van der Waals surface area contributed by atoms with Gasteiger partial charge in [0.25, 0.3) is 0 Å². The summed E-state index contributed by atoms with van der Waals surface area (Å²) in [5.41, 5.74) is 0. The monoisotopic (exact) mass is 1170 g/mol. The molecular weight excluding hydrogens is 1050 g/mol. The highest BCUT2D eigenvalue weighted by atomic mass is 16.7. The molecule has 1 aliphatic rings. The molecule has 0 aromatic rings.